The van der Waals surface area contributed by atoms with E-state index in [4.69, 9.17) is 14.2 Å². The number of aryl methyl sites for hydroxylation is 1. The quantitative estimate of drug-likeness (QED) is 0.406. The number of nitrogens with one attached hydrogen (secondary N) is 1. The Bertz CT molecular complexity index is 1180. The van der Waals surface area contributed by atoms with E-state index in [1.807, 2.05) is 36.4 Å². The summed E-state index contributed by atoms with van der Waals surface area (Å²) in [6.07, 6.45) is 4.82. The fraction of sp³-hybridized carbons (Fsp3) is 0.320. The topological polar surface area (TPSA) is 90.9 Å². The summed E-state index contributed by atoms with van der Waals surface area (Å²) in [6, 6.07) is 13.3. The first-order chi connectivity index (χ1) is 16.1. The first kappa shape index (κ1) is 22.8. The number of benzene rings is 2. The van der Waals surface area contributed by atoms with Crippen LogP contribution in [0.5, 0.6) is 5.75 Å². The normalized spacial score (nSPS) is 13.0. The molecule has 7 nitrogen and oxygen atoms in total. The Morgan fingerprint density at radius 3 is 2.61 bits per heavy atom. The maximum absolute atomic E-state index is 12.4. The monoisotopic (exact) mass is 467 g/mol. The van der Waals surface area contributed by atoms with Crippen LogP contribution in [0.1, 0.15) is 40.1 Å². The molecule has 1 N–H and O–H groups in total. The molecule has 2 aromatic carbocycles. The molecule has 1 aromatic heterocycles. The predicted molar refractivity (Wildman–Crippen MR) is 126 cm³/mol. The van der Waals surface area contributed by atoms with Gasteiger partial charge in [0.05, 0.1) is 12.7 Å². The second-order valence-corrected chi connectivity index (χ2v) is 8.84. The third-order valence-corrected chi connectivity index (χ3v) is 6.73. The van der Waals surface area contributed by atoms with Crippen LogP contribution in [0, 0.1) is 0 Å². The molecule has 0 unspecified atom stereocenters. The molecule has 0 radical (unpaired) electrons. The molecule has 33 heavy (non-hydrogen) atoms. The van der Waals surface area contributed by atoms with Gasteiger partial charge in [-0.3, -0.25) is 4.79 Å². The molecule has 0 atom stereocenters. The second-order valence-electron chi connectivity index (χ2n) is 7.73. The van der Waals surface area contributed by atoms with Crippen LogP contribution >= 0.6 is 11.3 Å². The molecule has 4 rings (SSSR count). The maximum atomic E-state index is 12.4. The van der Waals surface area contributed by atoms with Gasteiger partial charge in [0.15, 0.2) is 13.2 Å². The van der Waals surface area contributed by atoms with Crippen molar-refractivity contribution in [2.24, 2.45) is 0 Å². The summed E-state index contributed by atoms with van der Waals surface area (Å²) in [5, 5.41) is 5.05. The molecule has 1 heterocycles. The van der Waals surface area contributed by atoms with E-state index in [2.05, 4.69) is 5.32 Å². The van der Waals surface area contributed by atoms with Gasteiger partial charge in [-0.05, 0) is 42.7 Å². The van der Waals surface area contributed by atoms with Crippen LogP contribution in [-0.4, -0.2) is 38.2 Å². The number of anilines is 1. The van der Waals surface area contributed by atoms with Gasteiger partial charge in [-0.15, -0.1) is 11.3 Å². The molecular formula is C25H25NO6S. The summed E-state index contributed by atoms with van der Waals surface area (Å²) in [4.78, 5) is 38.0. The Labute approximate surface area is 195 Å². The van der Waals surface area contributed by atoms with E-state index < -0.39 is 24.5 Å². The molecular weight excluding hydrogens is 442 g/mol. The highest BCUT2D eigenvalue weighted by atomic mass is 32.1. The lowest BCUT2D eigenvalue weighted by atomic mass is 10.1. The third kappa shape index (κ3) is 5.34. The molecule has 0 aliphatic heterocycles. The molecule has 0 saturated carbocycles. The van der Waals surface area contributed by atoms with Crippen molar-refractivity contribution in [3.05, 3.63) is 58.5 Å². The molecule has 1 aliphatic carbocycles. The molecule has 1 amide bonds. The minimum absolute atomic E-state index is 0.317. The van der Waals surface area contributed by atoms with Gasteiger partial charge in [-0.2, -0.15) is 0 Å². The van der Waals surface area contributed by atoms with Crippen molar-refractivity contribution in [1.82, 2.24) is 0 Å². The Balaban J connectivity index is 1.34. The lowest BCUT2D eigenvalue weighted by Crippen LogP contribution is -2.24. The molecule has 0 bridgehead atoms. The number of carbonyl (C=O) groups excluding carboxylic acids is 3. The van der Waals surface area contributed by atoms with Gasteiger partial charge in [0, 0.05) is 10.3 Å². The van der Waals surface area contributed by atoms with Crippen LogP contribution in [-0.2, 0) is 31.9 Å². The first-order valence-electron chi connectivity index (χ1n) is 10.9. The first-order valence-corrected chi connectivity index (χ1v) is 11.7. The Morgan fingerprint density at radius 1 is 0.970 bits per heavy atom. The number of esters is 2. The highest BCUT2D eigenvalue weighted by molar-refractivity contribution is 7.17. The SMILES string of the molecule is COC(=O)c1c(NC(=O)COC(=O)COc2cccc3ccccc23)sc2c1CCCCC2. The standard InChI is InChI=1S/C25H25NO6S/c1-30-25(29)23-18-11-3-2-4-13-20(18)33-24(23)26-21(27)14-32-22(28)15-31-19-12-7-9-16-8-5-6-10-17(16)19/h5-10,12H,2-4,11,13-15H2,1H3,(H,26,27). The Kier molecular flexibility index (Phi) is 7.24. The average molecular weight is 468 g/mol. The van der Waals surface area contributed by atoms with Gasteiger partial charge in [0.25, 0.3) is 5.91 Å². The fourth-order valence-corrected chi connectivity index (χ4v) is 5.25. The number of ether oxygens (including phenoxy) is 3. The zero-order valence-corrected chi connectivity index (χ0v) is 19.2. The van der Waals surface area contributed by atoms with Crippen LogP contribution in [0.25, 0.3) is 10.8 Å². The third-order valence-electron chi connectivity index (χ3n) is 5.52. The smallest absolute Gasteiger partial charge is 0.344 e. The number of methoxy groups -OCH3 is 1. The van der Waals surface area contributed by atoms with Crippen molar-refractivity contribution < 1.29 is 28.6 Å². The van der Waals surface area contributed by atoms with E-state index in [1.54, 1.807) is 6.07 Å². The summed E-state index contributed by atoms with van der Waals surface area (Å²) in [5.74, 6) is -1.08. The Hall–Kier alpha value is -3.39. The number of thiophene rings is 1. The zero-order valence-electron chi connectivity index (χ0n) is 18.3. The van der Waals surface area contributed by atoms with Crippen molar-refractivity contribution in [2.75, 3.05) is 25.6 Å². The van der Waals surface area contributed by atoms with Crippen molar-refractivity contribution in [1.29, 1.82) is 0 Å². The highest BCUT2D eigenvalue weighted by Gasteiger charge is 2.26. The van der Waals surface area contributed by atoms with Crippen LogP contribution in [0.3, 0.4) is 0 Å². The van der Waals surface area contributed by atoms with Crippen molar-refractivity contribution in [3.8, 4) is 5.75 Å². The lowest BCUT2D eigenvalue weighted by molar-refractivity contribution is -0.149. The van der Waals surface area contributed by atoms with E-state index in [1.165, 1.54) is 18.4 Å². The number of hydrogen-bond acceptors (Lipinski definition) is 7. The lowest BCUT2D eigenvalue weighted by Gasteiger charge is -2.10. The number of amides is 1. The highest BCUT2D eigenvalue weighted by Crippen LogP contribution is 2.38. The molecule has 0 fully saturated rings. The largest absolute Gasteiger partial charge is 0.481 e. The van der Waals surface area contributed by atoms with Gasteiger partial charge >= 0.3 is 11.9 Å². The number of hydrogen-bond donors (Lipinski definition) is 1. The van der Waals surface area contributed by atoms with Crippen molar-refractivity contribution >= 4 is 45.0 Å². The van der Waals surface area contributed by atoms with Gasteiger partial charge in [-0.1, -0.05) is 42.8 Å². The summed E-state index contributed by atoms with van der Waals surface area (Å²) in [7, 11) is 1.33. The molecule has 3 aromatic rings. The van der Waals surface area contributed by atoms with Gasteiger partial charge in [0.2, 0.25) is 0 Å². The van der Waals surface area contributed by atoms with Gasteiger partial charge in [-0.25, -0.2) is 9.59 Å². The van der Waals surface area contributed by atoms with E-state index in [0.29, 0.717) is 16.3 Å². The van der Waals surface area contributed by atoms with Crippen LogP contribution in [0.2, 0.25) is 0 Å². The molecule has 172 valence electrons. The average Bonchev–Trinajstić information content (AvgIpc) is 3.00. The summed E-state index contributed by atoms with van der Waals surface area (Å²) in [5.41, 5.74) is 1.37. The van der Waals surface area contributed by atoms with E-state index >= 15 is 0 Å². The molecule has 8 heteroatoms. The number of carbonyl (C=O) groups is 3. The van der Waals surface area contributed by atoms with E-state index in [-0.39, 0.29) is 6.61 Å². The summed E-state index contributed by atoms with van der Waals surface area (Å²) < 4.78 is 15.6. The zero-order chi connectivity index (χ0) is 23.2. The Morgan fingerprint density at radius 2 is 1.76 bits per heavy atom. The summed E-state index contributed by atoms with van der Waals surface area (Å²) in [6.45, 7) is -0.789. The summed E-state index contributed by atoms with van der Waals surface area (Å²) >= 11 is 1.39. The van der Waals surface area contributed by atoms with E-state index in [9.17, 15) is 14.4 Å². The van der Waals surface area contributed by atoms with Crippen LogP contribution in [0.15, 0.2) is 42.5 Å². The fourth-order valence-electron chi connectivity index (χ4n) is 3.96. The predicted octanol–water partition coefficient (Wildman–Crippen LogP) is 4.52. The molecule has 0 spiro atoms. The van der Waals surface area contributed by atoms with Crippen LogP contribution < -0.4 is 10.1 Å². The maximum Gasteiger partial charge on any atom is 0.344 e. The number of fused-ring (bicyclic) bond motifs is 2. The van der Waals surface area contributed by atoms with Gasteiger partial charge in [0.1, 0.15) is 10.8 Å². The molecule has 0 saturated heterocycles. The minimum Gasteiger partial charge on any atom is -0.481 e. The second kappa shape index (κ2) is 10.5. The van der Waals surface area contributed by atoms with Crippen LogP contribution in [0.4, 0.5) is 5.00 Å². The molecule has 1 aliphatic rings. The van der Waals surface area contributed by atoms with Crippen molar-refractivity contribution in [2.45, 2.75) is 32.1 Å². The van der Waals surface area contributed by atoms with E-state index in [0.717, 1.165) is 53.3 Å². The van der Waals surface area contributed by atoms with Crippen molar-refractivity contribution in [3.63, 3.8) is 0 Å². The van der Waals surface area contributed by atoms with Gasteiger partial charge < -0.3 is 19.5 Å². The minimum atomic E-state index is -0.659. The number of rotatable bonds is 7.